The Kier molecular flexibility index (Phi) is 4.80. The van der Waals surface area contributed by atoms with Crippen LogP contribution in [0.4, 0.5) is 4.39 Å². The Balaban J connectivity index is 1.49. The van der Waals surface area contributed by atoms with Gasteiger partial charge in [-0.05, 0) is 55.5 Å². The number of benzene rings is 2. The third-order valence-electron chi connectivity index (χ3n) is 6.70. The predicted octanol–water partition coefficient (Wildman–Crippen LogP) is 4.44. The fraction of sp³-hybridized carbons (Fsp3) is 0.360. The molecule has 2 atom stereocenters. The fourth-order valence-corrected chi connectivity index (χ4v) is 5.27. The highest BCUT2D eigenvalue weighted by atomic mass is 19.1. The number of likely N-dealkylation sites (tertiary alicyclic amines) is 1. The molecule has 1 N–H and O–H groups in total. The first kappa shape index (κ1) is 19.8. The molecule has 0 bridgehead atoms. The molecular weight excluding hydrogens is 395 g/mol. The number of hydrogen-bond acceptors (Lipinski definition) is 3. The van der Waals surface area contributed by atoms with Crippen LogP contribution in [0.2, 0.25) is 0 Å². The zero-order valence-electron chi connectivity index (χ0n) is 17.5. The van der Waals surface area contributed by atoms with E-state index in [4.69, 9.17) is 4.42 Å². The average Bonchev–Trinajstić information content (AvgIpc) is 3.32. The second kappa shape index (κ2) is 7.52. The van der Waals surface area contributed by atoms with Gasteiger partial charge in [-0.15, -0.1) is 0 Å². The van der Waals surface area contributed by atoms with Gasteiger partial charge in [-0.1, -0.05) is 24.3 Å². The smallest absolute Gasteiger partial charge is 0.227 e. The zero-order chi connectivity index (χ0) is 21.6. The Bertz CT molecular complexity index is 1150. The summed E-state index contributed by atoms with van der Waals surface area (Å²) in [7, 11) is 0. The molecule has 5 nitrogen and oxygen atoms in total. The molecule has 6 heteroatoms. The second-order valence-corrected chi connectivity index (χ2v) is 8.79. The molecule has 3 aromatic rings. The Morgan fingerprint density at radius 2 is 2.03 bits per heavy atom. The van der Waals surface area contributed by atoms with Gasteiger partial charge < -0.3 is 14.6 Å². The third-order valence-corrected chi connectivity index (χ3v) is 6.70. The second-order valence-electron chi connectivity index (χ2n) is 8.79. The number of nitrogens with zero attached hydrogens (tertiary/aromatic N) is 1. The summed E-state index contributed by atoms with van der Waals surface area (Å²) < 4.78 is 19.3. The van der Waals surface area contributed by atoms with Crippen LogP contribution < -0.4 is 5.32 Å². The van der Waals surface area contributed by atoms with Crippen LogP contribution in [0.5, 0.6) is 0 Å². The van der Waals surface area contributed by atoms with Crippen molar-refractivity contribution in [3.05, 3.63) is 71.2 Å². The zero-order valence-corrected chi connectivity index (χ0v) is 17.5. The number of aryl methyl sites for hydroxylation is 1. The molecule has 2 saturated heterocycles. The minimum absolute atomic E-state index is 0.0117. The Morgan fingerprint density at radius 1 is 1.23 bits per heavy atom. The van der Waals surface area contributed by atoms with E-state index in [9.17, 15) is 14.0 Å². The largest absolute Gasteiger partial charge is 0.464 e. The first-order valence-corrected chi connectivity index (χ1v) is 10.8. The monoisotopic (exact) mass is 420 g/mol. The maximum Gasteiger partial charge on any atom is 0.227 e. The molecule has 31 heavy (non-hydrogen) atoms. The van der Waals surface area contributed by atoms with Crippen molar-refractivity contribution in [1.29, 1.82) is 0 Å². The average molecular weight is 420 g/mol. The molecule has 0 aliphatic carbocycles. The van der Waals surface area contributed by atoms with E-state index in [1.165, 1.54) is 12.1 Å². The molecule has 2 amide bonds. The van der Waals surface area contributed by atoms with Gasteiger partial charge in [-0.25, -0.2) is 4.39 Å². The number of piperidine rings is 1. The Hall–Kier alpha value is -3.15. The van der Waals surface area contributed by atoms with Crippen molar-refractivity contribution in [2.75, 3.05) is 6.54 Å². The molecule has 0 unspecified atom stereocenters. The molecule has 3 heterocycles. The number of carbonyl (C=O) groups excluding carboxylic acids is 2. The lowest BCUT2D eigenvalue weighted by molar-refractivity contribution is -0.138. The normalized spacial score (nSPS) is 23.5. The lowest BCUT2D eigenvalue weighted by Gasteiger charge is -2.48. The molecule has 1 aromatic heterocycles. The molecule has 2 fully saturated rings. The summed E-state index contributed by atoms with van der Waals surface area (Å²) in [6, 6.07) is 11.9. The van der Waals surface area contributed by atoms with Crippen LogP contribution in [-0.4, -0.2) is 28.8 Å². The standard InChI is InChI=1S/C25H25FN2O3/c1-16-3-8-20-18(15-31-21(20)13-16)14-23(30)28-12-2-10-25(11-9-22(29)27-25)24(28)17-4-6-19(26)7-5-17/h3-8,13,15,24H,2,9-12,14H2,1H3,(H,27,29)/t24-,25+/m1/s1. The molecule has 2 aliphatic heterocycles. The van der Waals surface area contributed by atoms with E-state index in [-0.39, 0.29) is 30.1 Å². The molecule has 0 radical (unpaired) electrons. The molecule has 5 rings (SSSR count). The first-order chi connectivity index (χ1) is 14.9. The van der Waals surface area contributed by atoms with Crippen LogP contribution in [0.1, 0.15) is 48.4 Å². The van der Waals surface area contributed by atoms with Crippen molar-refractivity contribution in [1.82, 2.24) is 10.2 Å². The van der Waals surface area contributed by atoms with E-state index in [0.717, 1.165) is 40.5 Å². The topological polar surface area (TPSA) is 62.6 Å². The highest BCUT2D eigenvalue weighted by molar-refractivity contribution is 5.88. The number of halogens is 1. The summed E-state index contributed by atoms with van der Waals surface area (Å²) in [5, 5.41) is 4.11. The number of furan rings is 1. The summed E-state index contributed by atoms with van der Waals surface area (Å²) in [5.41, 5.74) is 3.08. The highest BCUT2D eigenvalue weighted by Gasteiger charge is 2.50. The van der Waals surface area contributed by atoms with Crippen molar-refractivity contribution in [3.8, 4) is 0 Å². The van der Waals surface area contributed by atoms with Crippen LogP contribution in [0, 0.1) is 12.7 Å². The van der Waals surface area contributed by atoms with Gasteiger partial charge in [0.25, 0.3) is 0 Å². The minimum Gasteiger partial charge on any atom is -0.464 e. The summed E-state index contributed by atoms with van der Waals surface area (Å²) in [6.07, 6.45) is 4.62. The molecule has 2 aliphatic rings. The van der Waals surface area contributed by atoms with Crippen LogP contribution in [-0.2, 0) is 16.0 Å². The number of fused-ring (bicyclic) bond motifs is 1. The lowest BCUT2D eigenvalue weighted by atomic mass is 9.76. The minimum atomic E-state index is -0.502. The summed E-state index contributed by atoms with van der Waals surface area (Å²) in [5.74, 6) is -0.322. The molecular formula is C25H25FN2O3. The number of rotatable bonds is 3. The van der Waals surface area contributed by atoms with Crippen molar-refractivity contribution >= 4 is 22.8 Å². The number of nitrogens with one attached hydrogen (secondary N) is 1. The van der Waals surface area contributed by atoms with Gasteiger partial charge in [0, 0.05) is 23.9 Å². The molecule has 1 spiro atoms. The van der Waals surface area contributed by atoms with E-state index in [1.807, 2.05) is 30.0 Å². The molecule has 160 valence electrons. The van der Waals surface area contributed by atoms with Gasteiger partial charge in [-0.2, -0.15) is 0 Å². The Morgan fingerprint density at radius 3 is 2.77 bits per heavy atom. The SMILES string of the molecule is Cc1ccc2c(CC(=O)N3CCC[C@]4(CCC(=O)N4)[C@H]3c3ccc(F)cc3)coc2c1. The van der Waals surface area contributed by atoms with Gasteiger partial charge in [-0.3, -0.25) is 9.59 Å². The van der Waals surface area contributed by atoms with Gasteiger partial charge in [0.1, 0.15) is 11.4 Å². The van der Waals surface area contributed by atoms with Crippen molar-refractivity contribution in [2.45, 2.75) is 50.6 Å². The van der Waals surface area contributed by atoms with Crippen LogP contribution in [0.15, 0.2) is 53.1 Å². The van der Waals surface area contributed by atoms with Crippen LogP contribution >= 0.6 is 0 Å². The first-order valence-electron chi connectivity index (χ1n) is 10.8. The highest BCUT2D eigenvalue weighted by Crippen LogP contribution is 2.45. The fourth-order valence-electron chi connectivity index (χ4n) is 5.27. The van der Waals surface area contributed by atoms with Gasteiger partial charge >= 0.3 is 0 Å². The van der Waals surface area contributed by atoms with Gasteiger partial charge in [0.2, 0.25) is 11.8 Å². The van der Waals surface area contributed by atoms with Gasteiger partial charge in [0.15, 0.2) is 0 Å². The third kappa shape index (κ3) is 3.50. The van der Waals surface area contributed by atoms with Gasteiger partial charge in [0.05, 0.1) is 24.3 Å². The number of amides is 2. The quantitative estimate of drug-likeness (QED) is 0.682. The molecule has 2 aromatic carbocycles. The van der Waals surface area contributed by atoms with E-state index >= 15 is 0 Å². The van der Waals surface area contributed by atoms with Crippen molar-refractivity contribution < 1.29 is 18.4 Å². The van der Waals surface area contributed by atoms with E-state index in [2.05, 4.69) is 5.32 Å². The Labute approximate surface area is 180 Å². The van der Waals surface area contributed by atoms with E-state index in [1.54, 1.807) is 18.4 Å². The van der Waals surface area contributed by atoms with E-state index in [0.29, 0.717) is 19.4 Å². The maximum absolute atomic E-state index is 13.6. The summed E-state index contributed by atoms with van der Waals surface area (Å²) >= 11 is 0. The summed E-state index contributed by atoms with van der Waals surface area (Å²) in [4.78, 5) is 27.6. The number of carbonyl (C=O) groups is 2. The van der Waals surface area contributed by atoms with Crippen LogP contribution in [0.3, 0.4) is 0 Å². The van der Waals surface area contributed by atoms with Crippen molar-refractivity contribution in [3.63, 3.8) is 0 Å². The lowest BCUT2D eigenvalue weighted by Crippen LogP contribution is -2.58. The van der Waals surface area contributed by atoms with Crippen LogP contribution in [0.25, 0.3) is 11.0 Å². The van der Waals surface area contributed by atoms with E-state index < -0.39 is 5.54 Å². The molecule has 0 saturated carbocycles. The predicted molar refractivity (Wildman–Crippen MR) is 115 cm³/mol. The maximum atomic E-state index is 13.6. The summed E-state index contributed by atoms with van der Waals surface area (Å²) in [6.45, 7) is 2.61. The number of hydrogen-bond donors (Lipinski definition) is 1. The van der Waals surface area contributed by atoms with Crippen molar-refractivity contribution in [2.24, 2.45) is 0 Å².